The molecule has 5 nitrogen and oxygen atoms in total. The third-order valence-electron chi connectivity index (χ3n) is 5.96. The van der Waals surface area contributed by atoms with Crippen molar-refractivity contribution < 1.29 is 0 Å². The van der Waals surface area contributed by atoms with Crippen LogP contribution in [0.25, 0.3) is 0 Å². The highest BCUT2D eigenvalue weighted by Crippen LogP contribution is 2.19. The summed E-state index contributed by atoms with van der Waals surface area (Å²) in [5, 5.41) is 7.08. The number of aliphatic imine (C=N–C) groups is 1. The normalized spacial score (nSPS) is 16.7. The van der Waals surface area contributed by atoms with Crippen molar-refractivity contribution in [3.05, 3.63) is 35.4 Å². The largest absolute Gasteiger partial charge is 0.355 e. The van der Waals surface area contributed by atoms with E-state index in [0.29, 0.717) is 12.1 Å². The van der Waals surface area contributed by atoms with Gasteiger partial charge in [0.25, 0.3) is 0 Å². The average Bonchev–Trinajstić information content (AvgIpc) is 2.73. The lowest BCUT2D eigenvalue weighted by Gasteiger charge is -2.34. The van der Waals surface area contributed by atoms with E-state index >= 15 is 0 Å². The van der Waals surface area contributed by atoms with Crippen LogP contribution in [0.15, 0.2) is 29.3 Å². The van der Waals surface area contributed by atoms with Crippen LogP contribution in [0.4, 0.5) is 0 Å². The molecule has 2 N–H and O–H groups in total. The van der Waals surface area contributed by atoms with Crippen LogP contribution >= 0.6 is 24.0 Å². The first kappa shape index (κ1) is 26.2. The average molecular weight is 516 g/mol. The molecule has 2 atom stereocenters. The third-order valence-corrected chi connectivity index (χ3v) is 5.96. The Hall–Kier alpha value is -0.860. The molecule has 1 aromatic carbocycles. The van der Waals surface area contributed by atoms with E-state index < -0.39 is 0 Å². The molecule has 6 heteroatoms. The quantitative estimate of drug-likeness (QED) is 0.283. The van der Waals surface area contributed by atoms with Gasteiger partial charge in [-0.2, -0.15) is 0 Å². The predicted molar refractivity (Wildman–Crippen MR) is 136 cm³/mol. The second-order valence-corrected chi connectivity index (χ2v) is 8.01. The lowest BCUT2D eigenvalue weighted by Crippen LogP contribution is -2.49. The Labute approximate surface area is 195 Å². The first-order chi connectivity index (χ1) is 13.6. The number of halogens is 1. The number of hydrogen-bond acceptors (Lipinski definition) is 3. The van der Waals surface area contributed by atoms with Gasteiger partial charge in [-0.05, 0) is 63.9 Å². The van der Waals surface area contributed by atoms with E-state index in [2.05, 4.69) is 77.4 Å². The zero-order chi connectivity index (χ0) is 20.4. The highest BCUT2D eigenvalue weighted by molar-refractivity contribution is 14.0. The minimum Gasteiger partial charge on any atom is -0.355 e. The first-order valence-corrected chi connectivity index (χ1v) is 11.1. The molecule has 29 heavy (non-hydrogen) atoms. The molecule has 1 aliphatic rings. The number of fused-ring (bicyclic) bond motifs is 1. The highest BCUT2D eigenvalue weighted by Gasteiger charge is 2.20. The Morgan fingerprint density at radius 1 is 1.17 bits per heavy atom. The fraction of sp³-hybridized carbons (Fsp3) is 0.696. The van der Waals surface area contributed by atoms with Crippen LogP contribution in [0.2, 0.25) is 0 Å². The topological polar surface area (TPSA) is 42.9 Å². The van der Waals surface area contributed by atoms with Crippen LogP contribution in [0.5, 0.6) is 0 Å². The van der Waals surface area contributed by atoms with E-state index in [9.17, 15) is 0 Å². The Morgan fingerprint density at radius 3 is 2.52 bits per heavy atom. The summed E-state index contributed by atoms with van der Waals surface area (Å²) in [6.45, 7) is 15.6. The van der Waals surface area contributed by atoms with E-state index in [1.807, 2.05) is 7.05 Å². The molecular formula is C23H42IN5. The van der Waals surface area contributed by atoms with Gasteiger partial charge in [0, 0.05) is 38.8 Å². The predicted octanol–water partition coefficient (Wildman–Crippen LogP) is 3.73. The van der Waals surface area contributed by atoms with E-state index in [-0.39, 0.29) is 24.0 Å². The monoisotopic (exact) mass is 515 g/mol. The molecule has 1 aliphatic heterocycles. The van der Waals surface area contributed by atoms with Crippen molar-refractivity contribution in [3.8, 4) is 0 Å². The molecule has 1 aromatic rings. The van der Waals surface area contributed by atoms with Crippen LogP contribution in [-0.2, 0) is 13.0 Å². The van der Waals surface area contributed by atoms with Gasteiger partial charge in [0.2, 0.25) is 0 Å². The Bertz CT molecular complexity index is 603. The number of guanidine groups is 1. The summed E-state index contributed by atoms with van der Waals surface area (Å²) >= 11 is 0. The Morgan fingerprint density at radius 2 is 1.86 bits per heavy atom. The molecule has 0 aliphatic carbocycles. The fourth-order valence-electron chi connectivity index (χ4n) is 3.93. The van der Waals surface area contributed by atoms with Gasteiger partial charge in [-0.15, -0.1) is 24.0 Å². The van der Waals surface area contributed by atoms with Crippen LogP contribution < -0.4 is 10.6 Å². The number of benzene rings is 1. The van der Waals surface area contributed by atoms with Crippen LogP contribution in [0.3, 0.4) is 0 Å². The summed E-state index contributed by atoms with van der Waals surface area (Å²) in [7, 11) is 1.86. The Balaban J connectivity index is 0.00000420. The van der Waals surface area contributed by atoms with Gasteiger partial charge >= 0.3 is 0 Å². The van der Waals surface area contributed by atoms with Gasteiger partial charge in [0.05, 0.1) is 0 Å². The van der Waals surface area contributed by atoms with E-state index in [1.54, 1.807) is 0 Å². The summed E-state index contributed by atoms with van der Waals surface area (Å²) in [4.78, 5) is 9.47. The number of hydrogen-bond donors (Lipinski definition) is 2. The maximum absolute atomic E-state index is 4.42. The zero-order valence-corrected chi connectivity index (χ0v) is 21.4. The van der Waals surface area contributed by atoms with Crippen molar-refractivity contribution in [2.75, 3.05) is 39.8 Å². The number of nitrogens with one attached hydrogen (secondary N) is 2. The van der Waals surface area contributed by atoms with Gasteiger partial charge in [0.15, 0.2) is 5.96 Å². The second kappa shape index (κ2) is 14.2. The molecule has 0 saturated heterocycles. The summed E-state index contributed by atoms with van der Waals surface area (Å²) in [6.07, 6.45) is 3.53. The van der Waals surface area contributed by atoms with Crippen LogP contribution in [0, 0.1) is 0 Å². The van der Waals surface area contributed by atoms with Gasteiger partial charge in [0.1, 0.15) is 0 Å². The van der Waals surface area contributed by atoms with Crippen LogP contribution in [0.1, 0.15) is 51.7 Å². The molecule has 0 radical (unpaired) electrons. The molecule has 0 fully saturated rings. The van der Waals surface area contributed by atoms with E-state index in [1.165, 1.54) is 24.1 Å². The minimum atomic E-state index is 0. The lowest BCUT2D eigenvalue weighted by molar-refractivity contribution is 0.191. The SMILES string of the molecule is CCN(CC)CCCC(C)NC(=NC)NCC(C)N1CCc2ccccc2C1.I. The number of rotatable bonds is 10. The molecule has 0 saturated carbocycles. The molecule has 0 amide bonds. The lowest BCUT2D eigenvalue weighted by atomic mass is 9.99. The van der Waals surface area contributed by atoms with Gasteiger partial charge in [-0.3, -0.25) is 9.89 Å². The van der Waals surface area contributed by atoms with Crippen molar-refractivity contribution >= 4 is 29.9 Å². The zero-order valence-electron chi connectivity index (χ0n) is 19.1. The van der Waals surface area contributed by atoms with E-state index in [4.69, 9.17) is 0 Å². The molecule has 1 heterocycles. The smallest absolute Gasteiger partial charge is 0.191 e. The highest BCUT2D eigenvalue weighted by atomic mass is 127. The van der Waals surface area contributed by atoms with Crippen molar-refractivity contribution in [3.63, 3.8) is 0 Å². The molecule has 0 aromatic heterocycles. The third kappa shape index (κ3) is 8.80. The summed E-state index contributed by atoms with van der Waals surface area (Å²) in [5.74, 6) is 0.916. The molecule has 0 bridgehead atoms. The Kier molecular flexibility index (Phi) is 12.8. The van der Waals surface area contributed by atoms with Crippen molar-refractivity contribution in [2.45, 2.75) is 65.6 Å². The first-order valence-electron chi connectivity index (χ1n) is 11.1. The molecule has 2 unspecified atom stereocenters. The van der Waals surface area contributed by atoms with Crippen molar-refractivity contribution in [2.24, 2.45) is 4.99 Å². The molecular weight excluding hydrogens is 473 g/mol. The molecule has 2 rings (SSSR count). The number of nitrogens with zero attached hydrogens (tertiary/aromatic N) is 3. The summed E-state index contributed by atoms with van der Waals surface area (Å²) in [5.41, 5.74) is 2.99. The van der Waals surface area contributed by atoms with Crippen molar-refractivity contribution in [1.29, 1.82) is 0 Å². The summed E-state index contributed by atoms with van der Waals surface area (Å²) < 4.78 is 0. The molecule has 0 spiro atoms. The van der Waals surface area contributed by atoms with E-state index in [0.717, 1.165) is 51.5 Å². The molecule has 166 valence electrons. The van der Waals surface area contributed by atoms with Gasteiger partial charge < -0.3 is 15.5 Å². The van der Waals surface area contributed by atoms with Gasteiger partial charge in [-0.1, -0.05) is 38.1 Å². The maximum atomic E-state index is 4.42. The van der Waals surface area contributed by atoms with Crippen LogP contribution in [-0.4, -0.2) is 67.6 Å². The second-order valence-electron chi connectivity index (χ2n) is 8.01. The summed E-state index contributed by atoms with van der Waals surface area (Å²) in [6, 6.07) is 9.74. The van der Waals surface area contributed by atoms with Gasteiger partial charge in [-0.25, -0.2) is 0 Å². The standard InChI is InChI=1S/C23H41N5.HI/c1-6-27(7-2)15-10-11-19(3)26-23(24-5)25-17-20(4)28-16-14-21-12-8-9-13-22(21)18-28;/h8-9,12-13,19-20H,6-7,10-11,14-18H2,1-5H3,(H2,24,25,26);1H. The minimum absolute atomic E-state index is 0. The maximum Gasteiger partial charge on any atom is 0.191 e. The van der Waals surface area contributed by atoms with Crippen molar-refractivity contribution in [1.82, 2.24) is 20.4 Å². The fourth-order valence-corrected chi connectivity index (χ4v) is 3.93.